The highest BCUT2D eigenvalue weighted by molar-refractivity contribution is 6.31. The van der Waals surface area contributed by atoms with E-state index in [0.717, 1.165) is 10.2 Å². The Kier molecular flexibility index (Phi) is 6.43. The van der Waals surface area contributed by atoms with E-state index in [0.29, 0.717) is 44.4 Å². The van der Waals surface area contributed by atoms with Gasteiger partial charge in [-0.1, -0.05) is 29.8 Å². The van der Waals surface area contributed by atoms with Crippen LogP contribution < -0.4 is 25.1 Å². The number of fused-ring (bicyclic) bond motifs is 1. The second-order valence-electron chi connectivity index (χ2n) is 7.40. The molecule has 0 radical (unpaired) electrons. The standard InChI is InChI=1S/C25H22ClN3O5/c1-14-11-19(21(33-3)13-18(14)26)27-24(30)23-16-7-5-6-8-17(16)25(31)29(28-23)20-10-9-15(32-2)12-22(20)34-4/h5-13H,1-4H3,(H,27,30). The topological polar surface area (TPSA) is 91.7 Å². The van der Waals surface area contributed by atoms with Gasteiger partial charge in [-0.05, 0) is 36.8 Å². The Morgan fingerprint density at radius 3 is 2.32 bits per heavy atom. The number of anilines is 1. The second-order valence-corrected chi connectivity index (χ2v) is 7.81. The average Bonchev–Trinajstić information content (AvgIpc) is 2.86. The monoisotopic (exact) mass is 479 g/mol. The number of carbonyl (C=O) groups excluding carboxylic acids is 1. The number of rotatable bonds is 6. The van der Waals surface area contributed by atoms with Gasteiger partial charge in [-0.2, -0.15) is 9.78 Å². The molecular weight excluding hydrogens is 458 g/mol. The molecule has 9 heteroatoms. The van der Waals surface area contributed by atoms with E-state index in [-0.39, 0.29) is 5.69 Å². The average molecular weight is 480 g/mol. The molecule has 0 saturated carbocycles. The summed E-state index contributed by atoms with van der Waals surface area (Å²) in [6, 6.07) is 15.1. The minimum absolute atomic E-state index is 0.0581. The van der Waals surface area contributed by atoms with Crippen LogP contribution in [0.1, 0.15) is 16.1 Å². The number of carbonyl (C=O) groups is 1. The van der Waals surface area contributed by atoms with Crippen molar-refractivity contribution in [1.82, 2.24) is 9.78 Å². The van der Waals surface area contributed by atoms with E-state index in [1.165, 1.54) is 21.3 Å². The number of hydrogen-bond acceptors (Lipinski definition) is 6. The largest absolute Gasteiger partial charge is 0.497 e. The van der Waals surface area contributed by atoms with Crippen molar-refractivity contribution < 1.29 is 19.0 Å². The molecule has 8 nitrogen and oxygen atoms in total. The molecule has 0 unspecified atom stereocenters. The zero-order chi connectivity index (χ0) is 24.4. The molecular formula is C25H22ClN3O5. The van der Waals surface area contributed by atoms with E-state index in [1.54, 1.807) is 54.6 Å². The molecule has 0 aliphatic rings. The number of nitrogens with one attached hydrogen (secondary N) is 1. The van der Waals surface area contributed by atoms with Gasteiger partial charge in [0.2, 0.25) is 0 Å². The summed E-state index contributed by atoms with van der Waals surface area (Å²) in [7, 11) is 4.50. The smallest absolute Gasteiger partial charge is 0.279 e. The Hall–Kier alpha value is -4.04. The third kappa shape index (κ3) is 4.15. The summed E-state index contributed by atoms with van der Waals surface area (Å²) >= 11 is 6.19. The lowest BCUT2D eigenvalue weighted by molar-refractivity contribution is 0.102. The van der Waals surface area contributed by atoms with Crippen LogP contribution in [-0.2, 0) is 0 Å². The molecule has 34 heavy (non-hydrogen) atoms. The summed E-state index contributed by atoms with van der Waals surface area (Å²) < 4.78 is 17.2. The van der Waals surface area contributed by atoms with E-state index in [2.05, 4.69) is 10.4 Å². The molecule has 0 saturated heterocycles. The highest BCUT2D eigenvalue weighted by atomic mass is 35.5. The number of halogens is 1. The van der Waals surface area contributed by atoms with E-state index < -0.39 is 11.5 Å². The third-order valence-corrected chi connectivity index (χ3v) is 5.77. The molecule has 0 aliphatic heterocycles. The van der Waals surface area contributed by atoms with Crippen molar-refractivity contribution >= 4 is 34.0 Å². The lowest BCUT2D eigenvalue weighted by Crippen LogP contribution is -2.27. The maximum Gasteiger partial charge on any atom is 0.279 e. The molecule has 4 rings (SSSR count). The van der Waals surface area contributed by atoms with Crippen LogP contribution in [0.25, 0.3) is 16.5 Å². The maximum absolute atomic E-state index is 13.4. The molecule has 0 fully saturated rings. The maximum atomic E-state index is 13.4. The number of aryl methyl sites for hydroxylation is 1. The van der Waals surface area contributed by atoms with Crippen LogP contribution in [0.15, 0.2) is 59.4 Å². The predicted molar refractivity (Wildman–Crippen MR) is 131 cm³/mol. The lowest BCUT2D eigenvalue weighted by Gasteiger charge is -2.15. The zero-order valence-electron chi connectivity index (χ0n) is 19.0. The first-order chi connectivity index (χ1) is 16.4. The SMILES string of the molecule is COc1ccc(-n2nc(C(=O)Nc3cc(C)c(Cl)cc3OC)c3ccccc3c2=O)c(OC)c1. The van der Waals surface area contributed by atoms with Crippen LogP contribution >= 0.6 is 11.6 Å². The number of nitrogens with zero attached hydrogens (tertiary/aromatic N) is 2. The van der Waals surface area contributed by atoms with Crippen molar-refractivity contribution in [1.29, 1.82) is 0 Å². The third-order valence-electron chi connectivity index (χ3n) is 5.36. The quantitative estimate of drug-likeness (QED) is 0.433. The number of aromatic nitrogens is 2. The fourth-order valence-corrected chi connectivity index (χ4v) is 3.75. The zero-order valence-corrected chi connectivity index (χ0v) is 19.8. The molecule has 0 atom stereocenters. The van der Waals surface area contributed by atoms with Crippen LogP contribution in [0, 0.1) is 6.92 Å². The summed E-state index contributed by atoms with van der Waals surface area (Å²) in [5.74, 6) is 0.805. The lowest BCUT2D eigenvalue weighted by atomic mass is 10.1. The summed E-state index contributed by atoms with van der Waals surface area (Å²) in [4.78, 5) is 26.7. The molecule has 0 spiro atoms. The van der Waals surface area contributed by atoms with Gasteiger partial charge in [-0.25, -0.2) is 0 Å². The van der Waals surface area contributed by atoms with Gasteiger partial charge in [0.15, 0.2) is 5.69 Å². The van der Waals surface area contributed by atoms with Gasteiger partial charge in [-0.15, -0.1) is 0 Å². The Labute approximate surface area is 200 Å². The van der Waals surface area contributed by atoms with Crippen LogP contribution in [0.5, 0.6) is 17.2 Å². The highest BCUT2D eigenvalue weighted by Gasteiger charge is 2.21. The van der Waals surface area contributed by atoms with Crippen molar-refractivity contribution in [2.75, 3.05) is 26.6 Å². The van der Waals surface area contributed by atoms with E-state index in [1.807, 2.05) is 6.92 Å². The molecule has 0 aliphatic carbocycles. The molecule has 1 amide bonds. The van der Waals surface area contributed by atoms with Gasteiger partial charge in [0.05, 0.1) is 32.4 Å². The van der Waals surface area contributed by atoms with Gasteiger partial charge in [-0.3, -0.25) is 9.59 Å². The summed E-state index contributed by atoms with van der Waals surface area (Å²) in [6.45, 7) is 1.82. The number of amides is 1. The van der Waals surface area contributed by atoms with Gasteiger partial charge < -0.3 is 19.5 Å². The van der Waals surface area contributed by atoms with Gasteiger partial charge in [0, 0.05) is 22.5 Å². The van der Waals surface area contributed by atoms with Gasteiger partial charge in [0.1, 0.15) is 22.9 Å². The van der Waals surface area contributed by atoms with Gasteiger partial charge >= 0.3 is 0 Å². The Morgan fingerprint density at radius 1 is 0.941 bits per heavy atom. The second kappa shape index (κ2) is 9.44. The van der Waals surface area contributed by atoms with E-state index in [4.69, 9.17) is 25.8 Å². The number of ether oxygens (including phenoxy) is 3. The number of hydrogen-bond donors (Lipinski definition) is 1. The molecule has 1 heterocycles. The van der Waals surface area contributed by atoms with Crippen LogP contribution in [0.3, 0.4) is 0 Å². The van der Waals surface area contributed by atoms with Crippen molar-refractivity contribution in [3.05, 3.63) is 81.2 Å². The molecule has 174 valence electrons. The van der Waals surface area contributed by atoms with E-state index in [9.17, 15) is 9.59 Å². The molecule has 3 aromatic carbocycles. The normalized spacial score (nSPS) is 10.7. The van der Waals surface area contributed by atoms with Crippen molar-refractivity contribution in [2.45, 2.75) is 6.92 Å². The Morgan fingerprint density at radius 2 is 1.65 bits per heavy atom. The van der Waals surface area contributed by atoms with Crippen molar-refractivity contribution in [2.24, 2.45) is 0 Å². The highest BCUT2D eigenvalue weighted by Crippen LogP contribution is 2.32. The summed E-state index contributed by atoms with van der Waals surface area (Å²) in [5, 5.41) is 8.52. The Balaban J connectivity index is 1.90. The summed E-state index contributed by atoms with van der Waals surface area (Å²) in [5.41, 5.74) is 1.23. The Bertz CT molecular complexity index is 1470. The molecule has 4 aromatic rings. The minimum Gasteiger partial charge on any atom is -0.497 e. The number of benzene rings is 3. The van der Waals surface area contributed by atoms with Crippen molar-refractivity contribution in [3.63, 3.8) is 0 Å². The first-order valence-electron chi connectivity index (χ1n) is 10.3. The molecule has 0 bridgehead atoms. The van der Waals surface area contributed by atoms with Crippen LogP contribution in [-0.4, -0.2) is 37.0 Å². The number of methoxy groups -OCH3 is 3. The fraction of sp³-hybridized carbons (Fsp3) is 0.160. The van der Waals surface area contributed by atoms with Crippen LogP contribution in [0.4, 0.5) is 5.69 Å². The van der Waals surface area contributed by atoms with E-state index >= 15 is 0 Å². The predicted octanol–water partition coefficient (Wildman–Crippen LogP) is 4.63. The fourth-order valence-electron chi connectivity index (χ4n) is 3.59. The molecule has 1 aromatic heterocycles. The van der Waals surface area contributed by atoms with Crippen LogP contribution in [0.2, 0.25) is 5.02 Å². The first-order valence-corrected chi connectivity index (χ1v) is 10.7. The van der Waals surface area contributed by atoms with Crippen molar-refractivity contribution in [3.8, 4) is 22.9 Å². The summed E-state index contributed by atoms with van der Waals surface area (Å²) in [6.07, 6.45) is 0. The first kappa shape index (κ1) is 23.1. The van der Waals surface area contributed by atoms with Gasteiger partial charge in [0.25, 0.3) is 11.5 Å². The molecule has 1 N–H and O–H groups in total. The minimum atomic E-state index is -0.516.